The zero-order chi connectivity index (χ0) is 11.1. The van der Waals surface area contributed by atoms with E-state index in [2.05, 4.69) is 24.3 Å². The molecular weight excluding hydrogens is 204 g/mol. The van der Waals surface area contributed by atoms with E-state index in [4.69, 9.17) is 9.47 Å². The predicted molar refractivity (Wildman–Crippen MR) is 58.8 cm³/mol. The molecule has 0 amide bonds. The SMILES string of the molecule is CC(=O)C1OC2C=C3C=CCCC3=CC2O1. The molecule has 0 bridgehead atoms. The second-order valence-electron chi connectivity index (χ2n) is 4.40. The Bertz CT molecular complexity index is 417. The smallest absolute Gasteiger partial charge is 0.218 e. The third-order valence-corrected chi connectivity index (χ3v) is 3.18. The number of carbonyl (C=O) groups is 1. The van der Waals surface area contributed by atoms with Crippen LogP contribution in [0.2, 0.25) is 0 Å². The molecule has 0 aromatic heterocycles. The number of ether oxygens (including phenoxy) is 2. The van der Waals surface area contributed by atoms with E-state index in [1.807, 2.05) is 0 Å². The third kappa shape index (κ3) is 1.56. The second kappa shape index (κ2) is 3.68. The average Bonchev–Trinajstić information content (AvgIpc) is 2.68. The van der Waals surface area contributed by atoms with E-state index < -0.39 is 6.29 Å². The van der Waals surface area contributed by atoms with Crippen molar-refractivity contribution in [3.8, 4) is 0 Å². The maximum absolute atomic E-state index is 11.2. The molecule has 84 valence electrons. The van der Waals surface area contributed by atoms with Crippen LogP contribution < -0.4 is 0 Å². The fourth-order valence-electron chi connectivity index (χ4n) is 2.35. The van der Waals surface area contributed by atoms with Gasteiger partial charge in [-0.05, 0) is 43.1 Å². The van der Waals surface area contributed by atoms with Crippen molar-refractivity contribution in [1.29, 1.82) is 0 Å². The van der Waals surface area contributed by atoms with Gasteiger partial charge in [-0.15, -0.1) is 0 Å². The summed E-state index contributed by atoms with van der Waals surface area (Å²) >= 11 is 0. The number of rotatable bonds is 1. The van der Waals surface area contributed by atoms with Gasteiger partial charge >= 0.3 is 0 Å². The normalized spacial score (nSPS) is 36.2. The number of hydrogen-bond acceptors (Lipinski definition) is 3. The molecule has 16 heavy (non-hydrogen) atoms. The lowest BCUT2D eigenvalue weighted by Crippen LogP contribution is -2.23. The summed E-state index contributed by atoms with van der Waals surface area (Å²) in [4.78, 5) is 11.2. The van der Waals surface area contributed by atoms with E-state index in [9.17, 15) is 4.79 Å². The van der Waals surface area contributed by atoms with Crippen LogP contribution >= 0.6 is 0 Å². The topological polar surface area (TPSA) is 35.5 Å². The quantitative estimate of drug-likeness (QED) is 0.674. The van der Waals surface area contributed by atoms with E-state index in [1.165, 1.54) is 18.1 Å². The van der Waals surface area contributed by atoms with Crippen LogP contribution in [0.25, 0.3) is 0 Å². The molecule has 3 unspecified atom stereocenters. The van der Waals surface area contributed by atoms with Crippen LogP contribution in [0.4, 0.5) is 0 Å². The molecule has 0 aromatic rings. The Hall–Kier alpha value is -1.19. The number of allylic oxidation sites excluding steroid dienone is 4. The van der Waals surface area contributed by atoms with Crippen molar-refractivity contribution in [2.24, 2.45) is 0 Å². The Kier molecular flexibility index (Phi) is 2.30. The van der Waals surface area contributed by atoms with Crippen molar-refractivity contribution in [3.63, 3.8) is 0 Å². The van der Waals surface area contributed by atoms with Crippen molar-refractivity contribution < 1.29 is 14.3 Å². The lowest BCUT2D eigenvalue weighted by Gasteiger charge is -2.22. The summed E-state index contributed by atoms with van der Waals surface area (Å²) in [6.45, 7) is 1.50. The number of ketones is 1. The molecule has 3 aliphatic rings. The van der Waals surface area contributed by atoms with Gasteiger partial charge < -0.3 is 9.47 Å². The zero-order valence-electron chi connectivity index (χ0n) is 9.18. The van der Waals surface area contributed by atoms with E-state index in [-0.39, 0.29) is 18.0 Å². The van der Waals surface area contributed by atoms with Crippen molar-refractivity contribution in [3.05, 3.63) is 35.5 Å². The molecule has 1 saturated heterocycles. The first kappa shape index (κ1) is 10.00. The van der Waals surface area contributed by atoms with Gasteiger partial charge in [-0.3, -0.25) is 4.79 Å². The molecule has 0 spiro atoms. The van der Waals surface area contributed by atoms with E-state index in [0.29, 0.717) is 0 Å². The Morgan fingerprint density at radius 3 is 2.81 bits per heavy atom. The van der Waals surface area contributed by atoms with Crippen molar-refractivity contribution in [2.45, 2.75) is 38.3 Å². The monoisotopic (exact) mass is 218 g/mol. The van der Waals surface area contributed by atoms with Crippen molar-refractivity contribution >= 4 is 5.78 Å². The Morgan fingerprint density at radius 1 is 1.31 bits per heavy atom. The molecule has 1 aliphatic heterocycles. The van der Waals surface area contributed by atoms with E-state index >= 15 is 0 Å². The number of Topliss-reactive ketones (excluding diaryl/α,β-unsaturated/α-hetero) is 1. The number of carbonyl (C=O) groups excluding carboxylic acids is 1. The van der Waals surface area contributed by atoms with Crippen molar-refractivity contribution in [2.75, 3.05) is 0 Å². The van der Waals surface area contributed by atoms with Crippen LogP contribution in [0, 0.1) is 0 Å². The molecule has 3 atom stereocenters. The summed E-state index contributed by atoms with van der Waals surface area (Å²) in [6, 6.07) is 0. The van der Waals surface area contributed by atoms with Gasteiger partial charge in [0, 0.05) is 0 Å². The Labute approximate surface area is 94.4 Å². The highest BCUT2D eigenvalue weighted by Gasteiger charge is 2.38. The van der Waals surface area contributed by atoms with Crippen LogP contribution in [0.3, 0.4) is 0 Å². The summed E-state index contributed by atoms with van der Waals surface area (Å²) < 4.78 is 11.1. The van der Waals surface area contributed by atoms with Gasteiger partial charge in [-0.25, -0.2) is 0 Å². The number of fused-ring (bicyclic) bond motifs is 2. The molecule has 3 heteroatoms. The number of hydrogen-bond donors (Lipinski definition) is 0. The van der Waals surface area contributed by atoms with Crippen LogP contribution in [-0.4, -0.2) is 24.3 Å². The van der Waals surface area contributed by atoms with Crippen LogP contribution in [-0.2, 0) is 14.3 Å². The van der Waals surface area contributed by atoms with Gasteiger partial charge in [0.25, 0.3) is 0 Å². The van der Waals surface area contributed by atoms with Gasteiger partial charge in [0.2, 0.25) is 6.29 Å². The standard InChI is InChI=1S/C13H14O3/c1-8(14)13-15-11-6-9-4-2-3-5-10(9)7-12(11)16-13/h2,4,6-7,11-13H,3,5H2,1H3. The van der Waals surface area contributed by atoms with Crippen LogP contribution in [0.1, 0.15) is 19.8 Å². The minimum atomic E-state index is -0.687. The van der Waals surface area contributed by atoms with Gasteiger partial charge in [0.15, 0.2) is 5.78 Å². The van der Waals surface area contributed by atoms with Gasteiger partial charge in [-0.1, -0.05) is 12.2 Å². The molecule has 1 heterocycles. The molecule has 2 aliphatic carbocycles. The minimum Gasteiger partial charge on any atom is -0.335 e. The molecule has 0 radical (unpaired) electrons. The molecule has 0 aromatic carbocycles. The van der Waals surface area contributed by atoms with Gasteiger partial charge in [0.1, 0.15) is 12.2 Å². The lowest BCUT2D eigenvalue weighted by atomic mass is 9.88. The first-order valence-corrected chi connectivity index (χ1v) is 5.65. The largest absolute Gasteiger partial charge is 0.335 e. The van der Waals surface area contributed by atoms with Crippen molar-refractivity contribution in [1.82, 2.24) is 0 Å². The molecule has 0 N–H and O–H groups in total. The lowest BCUT2D eigenvalue weighted by molar-refractivity contribution is -0.144. The van der Waals surface area contributed by atoms with E-state index in [0.717, 1.165) is 12.8 Å². The molecule has 0 saturated carbocycles. The minimum absolute atomic E-state index is 0.0651. The fourth-order valence-corrected chi connectivity index (χ4v) is 2.35. The zero-order valence-corrected chi connectivity index (χ0v) is 9.18. The molecule has 3 rings (SSSR count). The average molecular weight is 218 g/mol. The summed E-state index contributed by atoms with van der Waals surface area (Å²) in [5.74, 6) is -0.0651. The molecular formula is C13H14O3. The summed E-state index contributed by atoms with van der Waals surface area (Å²) in [5, 5.41) is 0. The third-order valence-electron chi connectivity index (χ3n) is 3.18. The van der Waals surface area contributed by atoms with E-state index in [1.54, 1.807) is 0 Å². The summed E-state index contributed by atoms with van der Waals surface area (Å²) in [6.07, 6.45) is 9.72. The second-order valence-corrected chi connectivity index (χ2v) is 4.40. The first-order valence-electron chi connectivity index (χ1n) is 5.65. The maximum Gasteiger partial charge on any atom is 0.218 e. The Balaban J connectivity index is 1.87. The highest BCUT2D eigenvalue weighted by molar-refractivity contribution is 5.79. The van der Waals surface area contributed by atoms with Crippen LogP contribution in [0.15, 0.2) is 35.5 Å². The Morgan fingerprint density at radius 2 is 2.06 bits per heavy atom. The van der Waals surface area contributed by atoms with Crippen LogP contribution in [0.5, 0.6) is 0 Å². The highest BCUT2D eigenvalue weighted by Crippen LogP contribution is 2.34. The molecule has 3 nitrogen and oxygen atoms in total. The summed E-state index contributed by atoms with van der Waals surface area (Å²) in [7, 11) is 0. The fraction of sp³-hybridized carbons (Fsp3) is 0.462. The first-order chi connectivity index (χ1) is 7.74. The van der Waals surface area contributed by atoms with Gasteiger partial charge in [0.05, 0.1) is 0 Å². The van der Waals surface area contributed by atoms with Gasteiger partial charge in [-0.2, -0.15) is 0 Å². The summed E-state index contributed by atoms with van der Waals surface area (Å²) in [5.41, 5.74) is 2.54. The molecule has 1 fully saturated rings. The predicted octanol–water partition coefficient (Wildman–Crippen LogP) is 1.90. The highest BCUT2D eigenvalue weighted by atomic mass is 16.7. The maximum atomic E-state index is 11.2.